The minimum absolute atomic E-state index is 0.0219. The quantitative estimate of drug-likeness (QED) is 0.833. The zero-order chi connectivity index (χ0) is 11.8. The SMILES string of the molecule is CN(C)S(=O)(=O)c1c(Cl)cc(N)cc1Cl. The highest BCUT2D eigenvalue weighted by molar-refractivity contribution is 7.89. The average molecular weight is 269 g/mol. The van der Waals surface area contributed by atoms with Crippen LogP contribution in [0.1, 0.15) is 0 Å². The predicted octanol–water partition coefficient (Wildman–Crippen LogP) is 1.83. The molecular weight excluding hydrogens is 259 g/mol. The normalized spacial score (nSPS) is 12.1. The molecule has 7 heteroatoms. The van der Waals surface area contributed by atoms with Gasteiger partial charge in [0.1, 0.15) is 4.90 Å². The molecule has 0 aliphatic rings. The van der Waals surface area contributed by atoms with Crippen molar-refractivity contribution in [2.75, 3.05) is 19.8 Å². The molecule has 0 heterocycles. The van der Waals surface area contributed by atoms with E-state index in [0.717, 1.165) is 4.31 Å². The molecule has 84 valence electrons. The van der Waals surface area contributed by atoms with E-state index < -0.39 is 10.0 Å². The molecule has 1 aromatic rings. The number of anilines is 1. The lowest BCUT2D eigenvalue weighted by Gasteiger charge is -2.14. The first-order valence-electron chi connectivity index (χ1n) is 3.94. The molecule has 0 bridgehead atoms. The van der Waals surface area contributed by atoms with Crippen LogP contribution in [0.15, 0.2) is 17.0 Å². The first-order chi connectivity index (χ1) is 6.76. The smallest absolute Gasteiger partial charge is 0.245 e. The first kappa shape index (κ1) is 12.6. The summed E-state index contributed by atoms with van der Waals surface area (Å²) in [6.07, 6.45) is 0. The van der Waals surface area contributed by atoms with E-state index in [2.05, 4.69) is 0 Å². The van der Waals surface area contributed by atoms with Crippen molar-refractivity contribution in [1.82, 2.24) is 4.31 Å². The summed E-state index contributed by atoms with van der Waals surface area (Å²) in [6.45, 7) is 0. The van der Waals surface area contributed by atoms with Crippen LogP contribution in [0.25, 0.3) is 0 Å². The van der Waals surface area contributed by atoms with E-state index in [1.807, 2.05) is 0 Å². The number of nitrogens with two attached hydrogens (primary N) is 1. The summed E-state index contributed by atoms with van der Waals surface area (Å²) in [5.74, 6) is 0. The van der Waals surface area contributed by atoms with Crippen LogP contribution in [0.2, 0.25) is 10.0 Å². The van der Waals surface area contributed by atoms with E-state index in [0.29, 0.717) is 5.69 Å². The maximum absolute atomic E-state index is 11.8. The summed E-state index contributed by atoms with van der Waals surface area (Å²) < 4.78 is 24.6. The summed E-state index contributed by atoms with van der Waals surface area (Å²) in [5, 5.41) is 0.0439. The Balaban J connectivity index is 3.52. The molecule has 0 atom stereocenters. The minimum atomic E-state index is -3.64. The zero-order valence-corrected chi connectivity index (χ0v) is 10.5. The molecule has 1 rings (SSSR count). The Labute approximate surface area is 98.6 Å². The molecule has 15 heavy (non-hydrogen) atoms. The molecule has 0 aliphatic heterocycles. The third-order valence-electron chi connectivity index (χ3n) is 1.76. The van der Waals surface area contributed by atoms with E-state index >= 15 is 0 Å². The largest absolute Gasteiger partial charge is 0.399 e. The summed E-state index contributed by atoms with van der Waals surface area (Å²) >= 11 is 11.6. The maximum atomic E-state index is 11.8. The molecule has 0 aromatic heterocycles. The van der Waals surface area contributed by atoms with Crippen molar-refractivity contribution in [1.29, 1.82) is 0 Å². The molecular formula is C8H10Cl2N2O2S. The topological polar surface area (TPSA) is 63.4 Å². The maximum Gasteiger partial charge on any atom is 0.245 e. The van der Waals surface area contributed by atoms with E-state index in [9.17, 15) is 8.42 Å². The number of hydrogen-bond donors (Lipinski definition) is 1. The van der Waals surface area contributed by atoms with Crippen molar-refractivity contribution in [2.24, 2.45) is 0 Å². The lowest BCUT2D eigenvalue weighted by atomic mass is 10.3. The number of nitrogen functional groups attached to an aromatic ring is 1. The third kappa shape index (κ3) is 2.36. The van der Waals surface area contributed by atoms with Crippen molar-refractivity contribution in [3.05, 3.63) is 22.2 Å². The van der Waals surface area contributed by atoms with E-state index in [-0.39, 0.29) is 14.9 Å². The Morgan fingerprint density at radius 2 is 1.60 bits per heavy atom. The van der Waals surface area contributed by atoms with E-state index in [1.54, 1.807) is 0 Å². The van der Waals surface area contributed by atoms with Crippen molar-refractivity contribution < 1.29 is 8.42 Å². The number of nitrogens with zero attached hydrogens (tertiary/aromatic N) is 1. The molecule has 1 aromatic carbocycles. The molecule has 2 N–H and O–H groups in total. The van der Waals surface area contributed by atoms with Crippen molar-refractivity contribution in [3.8, 4) is 0 Å². The van der Waals surface area contributed by atoms with Gasteiger partial charge in [-0.05, 0) is 12.1 Å². The molecule has 0 spiro atoms. The molecule has 0 unspecified atom stereocenters. The van der Waals surface area contributed by atoms with Gasteiger partial charge in [0.05, 0.1) is 10.0 Å². The predicted molar refractivity (Wildman–Crippen MR) is 61.7 cm³/mol. The fraction of sp³-hybridized carbons (Fsp3) is 0.250. The van der Waals surface area contributed by atoms with Gasteiger partial charge in [-0.2, -0.15) is 0 Å². The van der Waals surface area contributed by atoms with Gasteiger partial charge in [-0.3, -0.25) is 0 Å². The summed E-state index contributed by atoms with van der Waals surface area (Å²) in [5.41, 5.74) is 5.79. The van der Waals surface area contributed by atoms with Crippen LogP contribution >= 0.6 is 23.2 Å². The van der Waals surface area contributed by atoms with Crippen molar-refractivity contribution >= 4 is 38.9 Å². The molecule has 0 saturated heterocycles. The third-order valence-corrected chi connectivity index (χ3v) is 4.50. The van der Waals surface area contributed by atoms with Gasteiger partial charge in [-0.1, -0.05) is 23.2 Å². The van der Waals surface area contributed by atoms with Gasteiger partial charge in [0.2, 0.25) is 10.0 Å². The summed E-state index contributed by atoms with van der Waals surface area (Å²) in [4.78, 5) is -0.120. The van der Waals surface area contributed by atoms with E-state index in [4.69, 9.17) is 28.9 Å². The molecule has 0 fully saturated rings. The molecule has 0 amide bonds. The number of hydrogen-bond acceptors (Lipinski definition) is 3. The van der Waals surface area contributed by atoms with Crippen LogP contribution in [-0.2, 0) is 10.0 Å². The standard InChI is InChI=1S/C8H10Cl2N2O2S/c1-12(2)15(13,14)8-6(9)3-5(11)4-7(8)10/h3-4H,11H2,1-2H3. The van der Waals surface area contributed by atoms with Crippen LogP contribution in [0.4, 0.5) is 5.69 Å². The number of sulfonamides is 1. The molecule has 0 saturated carbocycles. The Bertz CT molecular complexity index is 462. The number of halogens is 2. The van der Waals surface area contributed by atoms with Gasteiger partial charge in [-0.15, -0.1) is 0 Å². The fourth-order valence-electron chi connectivity index (χ4n) is 1.01. The lowest BCUT2D eigenvalue weighted by molar-refractivity contribution is 0.521. The van der Waals surface area contributed by atoms with Crippen molar-refractivity contribution in [2.45, 2.75) is 4.90 Å². The Kier molecular flexibility index (Phi) is 3.50. The second kappa shape index (κ2) is 4.17. The van der Waals surface area contributed by atoms with Crippen LogP contribution in [-0.4, -0.2) is 26.8 Å². The Morgan fingerprint density at radius 1 is 1.20 bits per heavy atom. The highest BCUT2D eigenvalue weighted by Gasteiger charge is 2.24. The lowest BCUT2D eigenvalue weighted by Crippen LogP contribution is -2.23. The van der Waals surface area contributed by atoms with Gasteiger partial charge >= 0.3 is 0 Å². The second-order valence-corrected chi connectivity index (χ2v) is 6.00. The minimum Gasteiger partial charge on any atom is -0.399 e. The summed E-state index contributed by atoms with van der Waals surface area (Å²) in [7, 11) is -0.839. The van der Waals surface area contributed by atoms with E-state index in [1.165, 1.54) is 26.2 Å². The zero-order valence-electron chi connectivity index (χ0n) is 8.16. The average Bonchev–Trinajstić information content (AvgIpc) is 2.00. The fourth-order valence-corrected chi connectivity index (χ4v) is 3.07. The highest BCUT2D eigenvalue weighted by atomic mass is 35.5. The van der Waals surface area contributed by atoms with Gasteiger partial charge < -0.3 is 5.73 Å². The number of benzene rings is 1. The summed E-state index contributed by atoms with van der Waals surface area (Å²) in [6, 6.07) is 2.70. The van der Waals surface area contributed by atoms with Crippen LogP contribution in [0.5, 0.6) is 0 Å². The van der Waals surface area contributed by atoms with Gasteiger partial charge in [-0.25, -0.2) is 12.7 Å². The van der Waals surface area contributed by atoms with Crippen LogP contribution in [0.3, 0.4) is 0 Å². The first-order valence-corrected chi connectivity index (χ1v) is 6.13. The van der Waals surface area contributed by atoms with Crippen molar-refractivity contribution in [3.63, 3.8) is 0 Å². The van der Waals surface area contributed by atoms with Crippen LogP contribution < -0.4 is 5.73 Å². The van der Waals surface area contributed by atoms with Gasteiger partial charge in [0.25, 0.3) is 0 Å². The van der Waals surface area contributed by atoms with Gasteiger partial charge in [0, 0.05) is 19.8 Å². The number of rotatable bonds is 2. The highest BCUT2D eigenvalue weighted by Crippen LogP contribution is 2.32. The monoisotopic (exact) mass is 268 g/mol. The second-order valence-electron chi connectivity index (χ2n) is 3.10. The molecule has 4 nitrogen and oxygen atoms in total. The van der Waals surface area contributed by atoms with Crippen LogP contribution in [0, 0.1) is 0 Å². The Morgan fingerprint density at radius 3 is 1.93 bits per heavy atom. The van der Waals surface area contributed by atoms with Gasteiger partial charge in [0.15, 0.2) is 0 Å². The molecule has 0 radical (unpaired) electrons. The Hall–Kier alpha value is -0.490. The molecule has 0 aliphatic carbocycles.